The summed E-state index contributed by atoms with van der Waals surface area (Å²) in [4.78, 5) is 12.1. The average molecular weight is 291 g/mol. The van der Waals surface area contributed by atoms with Crippen LogP contribution in [0.4, 0.5) is 0 Å². The molecule has 2 atom stereocenters. The maximum atomic E-state index is 12.1. The second kappa shape index (κ2) is 6.06. The van der Waals surface area contributed by atoms with Gasteiger partial charge in [-0.05, 0) is 37.8 Å². The summed E-state index contributed by atoms with van der Waals surface area (Å²) in [6.07, 6.45) is 0.963. The van der Waals surface area contributed by atoms with E-state index in [0.717, 1.165) is 11.3 Å². The third kappa shape index (κ3) is 3.76. The predicted molar refractivity (Wildman–Crippen MR) is 82.2 cm³/mol. The Bertz CT molecular complexity index is 511. The second-order valence-corrected chi connectivity index (χ2v) is 6.68. The van der Waals surface area contributed by atoms with Gasteiger partial charge in [-0.25, -0.2) is 0 Å². The third-order valence-electron chi connectivity index (χ3n) is 3.81. The Hall–Kier alpha value is -1.55. The van der Waals surface area contributed by atoms with Gasteiger partial charge in [0.25, 0.3) is 0 Å². The minimum atomic E-state index is -0.571. The van der Waals surface area contributed by atoms with Gasteiger partial charge in [0.15, 0.2) is 0 Å². The summed E-state index contributed by atoms with van der Waals surface area (Å²) in [6.45, 7) is 7.96. The zero-order chi connectivity index (χ0) is 15.6. The van der Waals surface area contributed by atoms with Crippen molar-refractivity contribution < 1.29 is 14.3 Å². The summed E-state index contributed by atoms with van der Waals surface area (Å²) in [7, 11) is 0. The van der Waals surface area contributed by atoms with Crippen molar-refractivity contribution in [2.24, 2.45) is 11.7 Å². The fourth-order valence-corrected chi connectivity index (χ4v) is 2.58. The van der Waals surface area contributed by atoms with Gasteiger partial charge in [-0.2, -0.15) is 0 Å². The molecule has 1 aliphatic rings. The first kappa shape index (κ1) is 15.8. The van der Waals surface area contributed by atoms with Crippen LogP contribution in [0.5, 0.6) is 5.75 Å². The van der Waals surface area contributed by atoms with E-state index >= 15 is 0 Å². The lowest BCUT2D eigenvalue weighted by Crippen LogP contribution is -2.50. The van der Waals surface area contributed by atoms with Gasteiger partial charge in [0.2, 0.25) is 0 Å². The van der Waals surface area contributed by atoms with Crippen molar-refractivity contribution in [3.8, 4) is 5.75 Å². The Kier molecular flexibility index (Phi) is 4.57. The van der Waals surface area contributed by atoms with Gasteiger partial charge < -0.3 is 15.2 Å². The molecule has 1 unspecified atom stereocenters. The molecule has 21 heavy (non-hydrogen) atoms. The topological polar surface area (TPSA) is 61.6 Å². The van der Waals surface area contributed by atoms with Crippen LogP contribution in [0.2, 0.25) is 0 Å². The van der Waals surface area contributed by atoms with Gasteiger partial charge in [0, 0.05) is 6.42 Å². The zero-order valence-corrected chi connectivity index (χ0v) is 13.3. The molecule has 1 heterocycles. The van der Waals surface area contributed by atoms with Gasteiger partial charge in [-0.3, -0.25) is 4.79 Å². The summed E-state index contributed by atoms with van der Waals surface area (Å²) in [6, 6.07) is 7.28. The van der Waals surface area contributed by atoms with E-state index in [1.54, 1.807) is 0 Å². The summed E-state index contributed by atoms with van der Waals surface area (Å²) in [5.74, 6) is 0.884. The lowest BCUT2D eigenvalue weighted by Gasteiger charge is -2.39. The average Bonchev–Trinajstić information content (AvgIpc) is 2.38. The summed E-state index contributed by atoms with van der Waals surface area (Å²) >= 11 is 0. The number of benzene rings is 1. The minimum Gasteiger partial charge on any atom is -0.484 e. The molecule has 0 spiro atoms. The first-order chi connectivity index (χ1) is 9.79. The molecule has 0 aliphatic carbocycles. The number of fused-ring (bicyclic) bond motifs is 1. The molecule has 116 valence electrons. The molecule has 2 N–H and O–H groups in total. The first-order valence-electron chi connectivity index (χ1n) is 7.52. The van der Waals surface area contributed by atoms with Crippen molar-refractivity contribution in [2.45, 2.75) is 58.3 Å². The number of carbonyl (C=O) groups excluding carboxylic acids is 1. The van der Waals surface area contributed by atoms with Crippen LogP contribution in [-0.2, 0) is 16.0 Å². The Morgan fingerprint density at radius 2 is 2.10 bits per heavy atom. The van der Waals surface area contributed by atoms with E-state index in [9.17, 15) is 4.79 Å². The molecular formula is C17H25NO3. The molecule has 0 saturated heterocycles. The molecule has 2 rings (SSSR count). The summed E-state index contributed by atoms with van der Waals surface area (Å²) < 4.78 is 11.6. The molecule has 4 heteroatoms. The van der Waals surface area contributed by atoms with Crippen LogP contribution in [-0.4, -0.2) is 23.7 Å². The molecular weight excluding hydrogens is 266 g/mol. The number of carbonyl (C=O) groups is 1. The molecule has 0 radical (unpaired) electrons. The van der Waals surface area contributed by atoms with Crippen molar-refractivity contribution in [3.05, 3.63) is 29.8 Å². The van der Waals surface area contributed by atoms with Gasteiger partial charge in [-0.15, -0.1) is 0 Å². The Labute approximate surface area is 126 Å². The maximum absolute atomic E-state index is 12.1. The maximum Gasteiger partial charge on any atom is 0.323 e. The Balaban J connectivity index is 2.08. The van der Waals surface area contributed by atoms with Crippen molar-refractivity contribution in [2.75, 3.05) is 0 Å². The number of rotatable bonds is 4. The van der Waals surface area contributed by atoms with Crippen molar-refractivity contribution in [1.29, 1.82) is 0 Å². The fraction of sp³-hybridized carbons (Fsp3) is 0.588. The highest BCUT2D eigenvalue weighted by Crippen LogP contribution is 2.34. The van der Waals surface area contributed by atoms with E-state index in [4.69, 9.17) is 15.2 Å². The SMILES string of the molecule is CC(C)C[C@@H](N)C(=O)OC1Cc2ccccc2OC1(C)C. The zero-order valence-electron chi connectivity index (χ0n) is 13.3. The lowest BCUT2D eigenvalue weighted by atomic mass is 9.91. The number of para-hydroxylation sites is 1. The van der Waals surface area contributed by atoms with E-state index in [2.05, 4.69) is 0 Å². The number of hydrogen-bond donors (Lipinski definition) is 1. The van der Waals surface area contributed by atoms with E-state index in [-0.39, 0.29) is 12.1 Å². The molecule has 0 bridgehead atoms. The van der Waals surface area contributed by atoms with Crippen molar-refractivity contribution in [3.63, 3.8) is 0 Å². The van der Waals surface area contributed by atoms with Crippen LogP contribution in [0.25, 0.3) is 0 Å². The monoisotopic (exact) mass is 291 g/mol. The third-order valence-corrected chi connectivity index (χ3v) is 3.81. The van der Waals surface area contributed by atoms with Crippen LogP contribution in [0.3, 0.4) is 0 Å². The molecule has 0 saturated carbocycles. The molecule has 1 aromatic rings. The van der Waals surface area contributed by atoms with E-state index in [1.807, 2.05) is 52.0 Å². The standard InChI is InChI=1S/C17H25NO3/c1-11(2)9-13(18)16(19)20-15-10-12-7-5-6-8-14(12)21-17(15,3)4/h5-8,11,13,15H,9-10,18H2,1-4H3/t13-,15?/m1/s1. The predicted octanol–water partition coefficient (Wildman–Crippen LogP) is 2.69. The highest BCUT2D eigenvalue weighted by molar-refractivity contribution is 5.75. The molecule has 1 aliphatic heterocycles. The largest absolute Gasteiger partial charge is 0.484 e. The van der Waals surface area contributed by atoms with Crippen LogP contribution >= 0.6 is 0 Å². The highest BCUT2D eigenvalue weighted by Gasteiger charge is 2.40. The first-order valence-corrected chi connectivity index (χ1v) is 7.52. The molecule has 0 fully saturated rings. The molecule has 0 aromatic heterocycles. The normalized spacial score (nSPS) is 21.3. The van der Waals surface area contributed by atoms with Crippen molar-refractivity contribution in [1.82, 2.24) is 0 Å². The highest BCUT2D eigenvalue weighted by atomic mass is 16.6. The molecule has 4 nitrogen and oxygen atoms in total. The summed E-state index contributed by atoms with van der Waals surface area (Å²) in [5.41, 5.74) is 6.41. The van der Waals surface area contributed by atoms with Gasteiger partial charge in [0.05, 0.1) is 0 Å². The van der Waals surface area contributed by atoms with Crippen LogP contribution in [0.15, 0.2) is 24.3 Å². The Morgan fingerprint density at radius 3 is 2.76 bits per heavy atom. The van der Waals surface area contributed by atoms with Gasteiger partial charge >= 0.3 is 5.97 Å². The molecule has 0 amide bonds. The second-order valence-electron chi connectivity index (χ2n) is 6.68. The van der Waals surface area contributed by atoms with E-state index < -0.39 is 11.6 Å². The molecule has 1 aromatic carbocycles. The van der Waals surface area contributed by atoms with E-state index in [1.165, 1.54) is 0 Å². The number of ether oxygens (including phenoxy) is 2. The van der Waals surface area contributed by atoms with E-state index in [0.29, 0.717) is 18.8 Å². The fourth-order valence-electron chi connectivity index (χ4n) is 2.58. The quantitative estimate of drug-likeness (QED) is 0.866. The Morgan fingerprint density at radius 1 is 1.43 bits per heavy atom. The number of esters is 1. The number of hydrogen-bond acceptors (Lipinski definition) is 4. The van der Waals surface area contributed by atoms with Crippen LogP contribution in [0.1, 0.15) is 39.7 Å². The lowest BCUT2D eigenvalue weighted by molar-refractivity contribution is -0.163. The van der Waals surface area contributed by atoms with Gasteiger partial charge in [0.1, 0.15) is 23.5 Å². The number of nitrogens with two attached hydrogens (primary N) is 1. The smallest absolute Gasteiger partial charge is 0.323 e. The summed E-state index contributed by atoms with van der Waals surface area (Å²) in [5, 5.41) is 0. The van der Waals surface area contributed by atoms with Crippen molar-refractivity contribution >= 4 is 5.97 Å². The van der Waals surface area contributed by atoms with Gasteiger partial charge in [-0.1, -0.05) is 32.0 Å². The van der Waals surface area contributed by atoms with Crippen LogP contribution in [0, 0.1) is 5.92 Å². The minimum absolute atomic E-state index is 0.321. The van der Waals surface area contributed by atoms with Crippen LogP contribution < -0.4 is 10.5 Å².